The number of hydrogen-bond acceptors (Lipinski definition) is 3. The minimum Gasteiger partial charge on any atom is -0.349 e. The fraction of sp³-hybridized carbons (Fsp3) is 0.500. The highest BCUT2D eigenvalue weighted by atomic mass is 16.2. The fourth-order valence-electron chi connectivity index (χ4n) is 2.92. The molecular formula is C14H19N3O. The van der Waals surface area contributed by atoms with Crippen LogP contribution in [0.25, 0.3) is 0 Å². The van der Waals surface area contributed by atoms with Gasteiger partial charge in [-0.15, -0.1) is 0 Å². The molecule has 0 aromatic heterocycles. The van der Waals surface area contributed by atoms with Crippen molar-refractivity contribution in [3.63, 3.8) is 0 Å². The topological polar surface area (TPSA) is 44.4 Å². The number of anilines is 1. The molecule has 0 spiro atoms. The first kappa shape index (κ1) is 11.5. The molecule has 2 aliphatic rings. The van der Waals surface area contributed by atoms with Gasteiger partial charge in [-0.1, -0.05) is 19.1 Å². The number of rotatable bonds is 1. The molecular weight excluding hydrogens is 226 g/mol. The maximum absolute atomic E-state index is 12.3. The predicted octanol–water partition coefficient (Wildman–Crippen LogP) is 1.12. The molecule has 2 heterocycles. The normalized spacial score (nSPS) is 22.8. The first-order chi connectivity index (χ1) is 8.81. The Morgan fingerprint density at radius 3 is 3.11 bits per heavy atom. The number of carbonyl (C=O) groups excluding carboxylic acids is 1. The average Bonchev–Trinajstić information content (AvgIpc) is 2.63. The largest absolute Gasteiger partial charge is 0.349 e. The minimum absolute atomic E-state index is 0.0885. The molecule has 0 aliphatic carbocycles. The van der Waals surface area contributed by atoms with Gasteiger partial charge in [0.05, 0.1) is 11.3 Å². The molecule has 0 unspecified atom stereocenters. The standard InChI is InChI=1S/C14H19N3O/c1-2-10-4-3-5-11-13(10)14(18)16-12-6-7-15-8-9-17(11)12/h3-5,12,15H,2,6-9H2,1H3,(H,16,18)/t12-/m0/s1. The second kappa shape index (κ2) is 4.61. The Bertz CT molecular complexity index is 472. The second-order valence-corrected chi connectivity index (χ2v) is 4.89. The summed E-state index contributed by atoms with van der Waals surface area (Å²) >= 11 is 0. The van der Waals surface area contributed by atoms with Crippen LogP contribution >= 0.6 is 0 Å². The summed E-state index contributed by atoms with van der Waals surface area (Å²) in [5.74, 6) is 0.0885. The van der Waals surface area contributed by atoms with E-state index in [0.29, 0.717) is 0 Å². The van der Waals surface area contributed by atoms with E-state index >= 15 is 0 Å². The summed E-state index contributed by atoms with van der Waals surface area (Å²) in [4.78, 5) is 14.6. The highest BCUT2D eigenvalue weighted by molar-refractivity contribution is 6.03. The van der Waals surface area contributed by atoms with Crippen molar-refractivity contribution in [3.05, 3.63) is 29.3 Å². The zero-order valence-electron chi connectivity index (χ0n) is 10.7. The number of fused-ring (bicyclic) bond motifs is 3. The van der Waals surface area contributed by atoms with Crippen LogP contribution in [0.2, 0.25) is 0 Å². The number of hydrogen-bond donors (Lipinski definition) is 2. The van der Waals surface area contributed by atoms with Gasteiger partial charge >= 0.3 is 0 Å². The number of nitrogens with zero attached hydrogens (tertiary/aromatic N) is 1. The summed E-state index contributed by atoms with van der Waals surface area (Å²) < 4.78 is 0. The Hall–Kier alpha value is -1.55. The first-order valence-corrected chi connectivity index (χ1v) is 6.71. The zero-order valence-corrected chi connectivity index (χ0v) is 10.7. The first-order valence-electron chi connectivity index (χ1n) is 6.71. The number of aryl methyl sites for hydroxylation is 1. The Balaban J connectivity index is 2.08. The lowest BCUT2D eigenvalue weighted by Gasteiger charge is -2.38. The van der Waals surface area contributed by atoms with E-state index in [1.54, 1.807) is 0 Å². The fourth-order valence-corrected chi connectivity index (χ4v) is 2.92. The van der Waals surface area contributed by atoms with Gasteiger partial charge < -0.3 is 15.5 Å². The van der Waals surface area contributed by atoms with E-state index in [0.717, 1.165) is 49.3 Å². The number of carbonyl (C=O) groups is 1. The molecule has 1 atom stereocenters. The molecule has 96 valence electrons. The lowest BCUT2D eigenvalue weighted by Crippen LogP contribution is -2.53. The molecule has 1 saturated heterocycles. The summed E-state index contributed by atoms with van der Waals surface area (Å²) in [7, 11) is 0. The zero-order chi connectivity index (χ0) is 12.5. The van der Waals surface area contributed by atoms with Crippen molar-refractivity contribution >= 4 is 11.6 Å². The Labute approximate surface area is 107 Å². The van der Waals surface area contributed by atoms with Crippen LogP contribution in [0.5, 0.6) is 0 Å². The SMILES string of the molecule is CCc1cccc2c1C(=O)N[C@@H]1CCNCCN21. The molecule has 1 aromatic rings. The van der Waals surface area contributed by atoms with Crippen LogP contribution in [0, 0.1) is 0 Å². The van der Waals surface area contributed by atoms with E-state index < -0.39 is 0 Å². The summed E-state index contributed by atoms with van der Waals surface area (Å²) in [5, 5.41) is 6.52. The van der Waals surface area contributed by atoms with Gasteiger partial charge in [0, 0.05) is 13.1 Å². The number of nitrogens with one attached hydrogen (secondary N) is 2. The van der Waals surface area contributed by atoms with Crippen molar-refractivity contribution < 1.29 is 4.79 Å². The third-order valence-corrected chi connectivity index (χ3v) is 3.84. The van der Waals surface area contributed by atoms with Crippen LogP contribution in [0.4, 0.5) is 5.69 Å². The average molecular weight is 245 g/mol. The molecule has 1 amide bonds. The second-order valence-electron chi connectivity index (χ2n) is 4.89. The van der Waals surface area contributed by atoms with Gasteiger partial charge in [0.2, 0.25) is 0 Å². The summed E-state index contributed by atoms with van der Waals surface area (Å²) in [6.07, 6.45) is 2.00. The Morgan fingerprint density at radius 1 is 1.39 bits per heavy atom. The molecule has 0 radical (unpaired) electrons. The summed E-state index contributed by atoms with van der Waals surface area (Å²) in [6, 6.07) is 6.19. The summed E-state index contributed by atoms with van der Waals surface area (Å²) in [5.41, 5.74) is 3.12. The molecule has 18 heavy (non-hydrogen) atoms. The molecule has 4 heteroatoms. The van der Waals surface area contributed by atoms with Crippen molar-refractivity contribution in [3.8, 4) is 0 Å². The molecule has 2 N–H and O–H groups in total. The monoisotopic (exact) mass is 245 g/mol. The van der Waals surface area contributed by atoms with Crippen molar-refractivity contribution in [2.75, 3.05) is 24.5 Å². The van der Waals surface area contributed by atoms with Crippen molar-refractivity contribution in [2.45, 2.75) is 25.9 Å². The van der Waals surface area contributed by atoms with Gasteiger partial charge in [0.15, 0.2) is 0 Å². The van der Waals surface area contributed by atoms with Crippen LogP contribution in [0.15, 0.2) is 18.2 Å². The Morgan fingerprint density at radius 2 is 2.28 bits per heavy atom. The number of amides is 1. The van der Waals surface area contributed by atoms with Gasteiger partial charge in [-0.3, -0.25) is 4.79 Å². The van der Waals surface area contributed by atoms with Gasteiger partial charge in [-0.2, -0.15) is 0 Å². The highest BCUT2D eigenvalue weighted by Crippen LogP contribution is 2.30. The van der Waals surface area contributed by atoms with E-state index in [1.165, 1.54) is 0 Å². The summed E-state index contributed by atoms with van der Waals surface area (Å²) in [6.45, 7) is 4.98. The van der Waals surface area contributed by atoms with Crippen LogP contribution in [-0.4, -0.2) is 31.7 Å². The van der Waals surface area contributed by atoms with E-state index in [1.807, 2.05) is 0 Å². The maximum Gasteiger partial charge on any atom is 0.255 e. The molecule has 0 bridgehead atoms. The van der Waals surface area contributed by atoms with E-state index in [-0.39, 0.29) is 12.1 Å². The van der Waals surface area contributed by atoms with Crippen LogP contribution in [0.1, 0.15) is 29.3 Å². The van der Waals surface area contributed by atoms with Gasteiger partial charge in [0.1, 0.15) is 6.17 Å². The highest BCUT2D eigenvalue weighted by Gasteiger charge is 2.32. The van der Waals surface area contributed by atoms with Gasteiger partial charge in [-0.25, -0.2) is 0 Å². The lowest BCUT2D eigenvalue weighted by molar-refractivity contribution is 0.0925. The molecule has 3 rings (SSSR count). The third kappa shape index (κ3) is 1.77. The van der Waals surface area contributed by atoms with Crippen LogP contribution in [-0.2, 0) is 6.42 Å². The number of benzene rings is 1. The minimum atomic E-state index is 0.0885. The van der Waals surface area contributed by atoms with Crippen molar-refractivity contribution in [2.24, 2.45) is 0 Å². The Kier molecular flexibility index (Phi) is 2.96. The molecule has 4 nitrogen and oxygen atoms in total. The maximum atomic E-state index is 12.3. The van der Waals surface area contributed by atoms with E-state index in [4.69, 9.17) is 0 Å². The van der Waals surface area contributed by atoms with Crippen molar-refractivity contribution in [1.29, 1.82) is 0 Å². The molecule has 1 aromatic carbocycles. The molecule has 1 fully saturated rings. The van der Waals surface area contributed by atoms with Crippen molar-refractivity contribution in [1.82, 2.24) is 10.6 Å². The quantitative estimate of drug-likeness (QED) is 0.779. The third-order valence-electron chi connectivity index (χ3n) is 3.84. The van der Waals surface area contributed by atoms with E-state index in [9.17, 15) is 4.79 Å². The smallest absolute Gasteiger partial charge is 0.255 e. The molecule has 0 saturated carbocycles. The van der Waals surface area contributed by atoms with Gasteiger partial charge in [-0.05, 0) is 31.0 Å². The van der Waals surface area contributed by atoms with Crippen LogP contribution in [0.3, 0.4) is 0 Å². The lowest BCUT2D eigenvalue weighted by atomic mass is 9.98. The van der Waals surface area contributed by atoms with E-state index in [2.05, 4.69) is 40.7 Å². The van der Waals surface area contributed by atoms with Crippen LogP contribution < -0.4 is 15.5 Å². The predicted molar refractivity (Wildman–Crippen MR) is 71.9 cm³/mol. The van der Waals surface area contributed by atoms with Gasteiger partial charge in [0.25, 0.3) is 5.91 Å². The molecule has 2 aliphatic heterocycles.